The fourth-order valence-corrected chi connectivity index (χ4v) is 2.27. The number of amides is 1. The van der Waals surface area contributed by atoms with Crippen LogP contribution in [0.3, 0.4) is 0 Å². The molecule has 0 saturated heterocycles. The second-order valence-corrected chi connectivity index (χ2v) is 4.97. The number of halogens is 1. The summed E-state index contributed by atoms with van der Waals surface area (Å²) in [7, 11) is 0. The maximum absolute atomic E-state index is 12.4. The first-order valence-corrected chi connectivity index (χ1v) is 6.72. The number of benzene rings is 1. The lowest BCUT2D eigenvalue weighted by Gasteiger charge is -2.22. The van der Waals surface area contributed by atoms with Gasteiger partial charge in [-0.15, -0.1) is 0 Å². The van der Waals surface area contributed by atoms with Gasteiger partial charge in [-0.1, -0.05) is 11.6 Å². The molecule has 0 N–H and O–H groups in total. The van der Waals surface area contributed by atoms with E-state index in [2.05, 4.69) is 6.07 Å². The van der Waals surface area contributed by atoms with E-state index < -0.39 is 0 Å². The summed E-state index contributed by atoms with van der Waals surface area (Å²) in [6.45, 7) is 4.67. The Morgan fingerprint density at radius 2 is 2.30 bits per heavy atom. The fraction of sp³-hybridized carbons (Fsp3) is 0.429. The van der Waals surface area contributed by atoms with Crippen LogP contribution in [0, 0.1) is 17.2 Å². The molecule has 1 unspecified atom stereocenters. The van der Waals surface area contributed by atoms with Gasteiger partial charge in [0.1, 0.15) is 0 Å². The van der Waals surface area contributed by atoms with Crippen molar-refractivity contribution in [3.05, 3.63) is 22.7 Å². The molecule has 0 aliphatic carbocycles. The summed E-state index contributed by atoms with van der Waals surface area (Å²) >= 11 is 6.07. The zero-order chi connectivity index (χ0) is 14.7. The van der Waals surface area contributed by atoms with Gasteiger partial charge in [0, 0.05) is 18.7 Å². The van der Waals surface area contributed by atoms with Gasteiger partial charge in [-0.25, -0.2) is 0 Å². The molecule has 6 heteroatoms. The molecule has 1 heterocycles. The molecule has 1 atom stereocenters. The van der Waals surface area contributed by atoms with Crippen molar-refractivity contribution in [3.8, 4) is 17.6 Å². The smallest absolute Gasteiger partial charge is 0.254 e. The first-order chi connectivity index (χ1) is 9.56. The van der Waals surface area contributed by atoms with Gasteiger partial charge in [0.15, 0.2) is 11.5 Å². The van der Waals surface area contributed by atoms with Gasteiger partial charge in [-0.2, -0.15) is 5.26 Å². The Hall–Kier alpha value is -1.93. The van der Waals surface area contributed by atoms with E-state index in [1.165, 1.54) is 0 Å². The largest absolute Gasteiger partial charge is 0.454 e. The Morgan fingerprint density at radius 3 is 2.95 bits per heavy atom. The quantitative estimate of drug-likeness (QED) is 0.856. The SMILES string of the molecule is CCN(CC(C)C#N)C(=O)c1cc(Cl)c2c(c1)OCO2. The Balaban J connectivity index is 2.24. The van der Waals surface area contributed by atoms with E-state index in [1.807, 2.05) is 6.92 Å². The number of carbonyl (C=O) groups is 1. The van der Waals surface area contributed by atoms with Gasteiger partial charge < -0.3 is 14.4 Å². The van der Waals surface area contributed by atoms with E-state index in [-0.39, 0.29) is 18.6 Å². The number of hydrogen-bond acceptors (Lipinski definition) is 4. The van der Waals surface area contributed by atoms with Crippen LogP contribution in [0.2, 0.25) is 5.02 Å². The summed E-state index contributed by atoms with van der Waals surface area (Å²) in [5, 5.41) is 9.21. The first-order valence-electron chi connectivity index (χ1n) is 6.34. The van der Waals surface area contributed by atoms with Crippen LogP contribution in [-0.2, 0) is 0 Å². The number of fused-ring (bicyclic) bond motifs is 1. The third-order valence-electron chi connectivity index (χ3n) is 3.06. The molecule has 1 aromatic rings. The predicted molar refractivity (Wildman–Crippen MR) is 73.9 cm³/mol. The number of nitrogens with zero attached hydrogens (tertiary/aromatic N) is 2. The molecule has 5 nitrogen and oxygen atoms in total. The topological polar surface area (TPSA) is 62.6 Å². The minimum atomic E-state index is -0.219. The summed E-state index contributed by atoms with van der Waals surface area (Å²) in [5.41, 5.74) is 0.436. The van der Waals surface area contributed by atoms with Crippen LogP contribution < -0.4 is 9.47 Å². The van der Waals surface area contributed by atoms with E-state index in [1.54, 1.807) is 24.0 Å². The van der Waals surface area contributed by atoms with Crippen molar-refractivity contribution in [2.45, 2.75) is 13.8 Å². The maximum Gasteiger partial charge on any atom is 0.254 e. The summed E-state index contributed by atoms with van der Waals surface area (Å²) in [6, 6.07) is 5.31. The molecule has 20 heavy (non-hydrogen) atoms. The van der Waals surface area contributed by atoms with Crippen molar-refractivity contribution in [1.82, 2.24) is 4.90 Å². The molecule has 1 amide bonds. The second-order valence-electron chi connectivity index (χ2n) is 4.57. The van der Waals surface area contributed by atoms with Gasteiger partial charge in [0.2, 0.25) is 6.79 Å². The molecule has 0 aromatic heterocycles. The lowest BCUT2D eigenvalue weighted by atomic mass is 10.1. The van der Waals surface area contributed by atoms with Crippen LogP contribution in [0.25, 0.3) is 0 Å². The second kappa shape index (κ2) is 6.02. The summed E-state index contributed by atoms with van der Waals surface area (Å²) in [5.74, 6) is 0.556. The monoisotopic (exact) mass is 294 g/mol. The average Bonchev–Trinajstić information content (AvgIpc) is 2.92. The third-order valence-corrected chi connectivity index (χ3v) is 3.34. The van der Waals surface area contributed by atoms with Crippen LogP contribution in [0.5, 0.6) is 11.5 Å². The Morgan fingerprint density at radius 1 is 1.55 bits per heavy atom. The van der Waals surface area contributed by atoms with E-state index in [0.29, 0.717) is 35.2 Å². The molecule has 0 saturated carbocycles. The Kier molecular flexibility index (Phi) is 4.35. The van der Waals surface area contributed by atoms with E-state index in [0.717, 1.165) is 0 Å². The zero-order valence-electron chi connectivity index (χ0n) is 11.4. The van der Waals surface area contributed by atoms with Crippen LogP contribution in [0.1, 0.15) is 24.2 Å². The van der Waals surface area contributed by atoms with E-state index >= 15 is 0 Å². The number of carbonyl (C=O) groups excluding carboxylic acids is 1. The molecule has 106 valence electrons. The van der Waals surface area contributed by atoms with Gasteiger partial charge in [-0.05, 0) is 26.0 Å². The normalized spacial score (nSPS) is 13.7. The molecule has 0 spiro atoms. The highest BCUT2D eigenvalue weighted by Gasteiger charge is 2.23. The Labute approximate surface area is 122 Å². The molecular formula is C14H15ClN2O3. The maximum atomic E-state index is 12.4. The van der Waals surface area contributed by atoms with Crippen LogP contribution in [0.4, 0.5) is 0 Å². The van der Waals surface area contributed by atoms with E-state index in [4.69, 9.17) is 26.3 Å². The van der Waals surface area contributed by atoms with Gasteiger partial charge in [0.25, 0.3) is 5.91 Å². The molecular weight excluding hydrogens is 280 g/mol. The summed E-state index contributed by atoms with van der Waals surface area (Å²) < 4.78 is 10.5. The lowest BCUT2D eigenvalue weighted by molar-refractivity contribution is 0.0752. The Bertz CT molecular complexity index is 568. The van der Waals surface area contributed by atoms with Gasteiger partial charge >= 0.3 is 0 Å². The minimum absolute atomic E-state index is 0.107. The summed E-state index contributed by atoms with van der Waals surface area (Å²) in [4.78, 5) is 14.1. The van der Waals surface area contributed by atoms with Crippen LogP contribution in [0.15, 0.2) is 12.1 Å². The fourth-order valence-electron chi connectivity index (χ4n) is 2.00. The van der Waals surface area contributed by atoms with Crippen LogP contribution >= 0.6 is 11.6 Å². The number of ether oxygens (including phenoxy) is 2. The lowest BCUT2D eigenvalue weighted by Crippen LogP contribution is -2.34. The number of hydrogen-bond donors (Lipinski definition) is 0. The summed E-state index contributed by atoms with van der Waals surface area (Å²) in [6.07, 6.45) is 0. The highest BCUT2D eigenvalue weighted by Crippen LogP contribution is 2.40. The minimum Gasteiger partial charge on any atom is -0.454 e. The zero-order valence-corrected chi connectivity index (χ0v) is 12.1. The molecule has 1 aliphatic heterocycles. The molecule has 2 rings (SSSR count). The molecule has 1 aromatic carbocycles. The highest BCUT2D eigenvalue weighted by atomic mass is 35.5. The van der Waals surface area contributed by atoms with Gasteiger partial charge in [-0.3, -0.25) is 4.79 Å². The van der Waals surface area contributed by atoms with Crippen molar-refractivity contribution in [3.63, 3.8) is 0 Å². The number of nitriles is 1. The van der Waals surface area contributed by atoms with E-state index in [9.17, 15) is 4.79 Å². The van der Waals surface area contributed by atoms with Crippen molar-refractivity contribution in [2.24, 2.45) is 5.92 Å². The van der Waals surface area contributed by atoms with Crippen molar-refractivity contribution in [1.29, 1.82) is 5.26 Å². The molecule has 0 bridgehead atoms. The van der Waals surface area contributed by atoms with Crippen molar-refractivity contribution >= 4 is 17.5 Å². The standard InChI is InChI=1S/C14H15ClN2O3/c1-3-17(7-9(2)6-16)14(18)10-4-11(15)13-12(5-10)19-8-20-13/h4-5,9H,3,7-8H2,1-2H3. The molecule has 0 fully saturated rings. The van der Waals surface area contributed by atoms with Crippen LogP contribution in [-0.4, -0.2) is 30.7 Å². The highest BCUT2D eigenvalue weighted by molar-refractivity contribution is 6.32. The third kappa shape index (κ3) is 2.81. The molecule has 1 aliphatic rings. The first kappa shape index (κ1) is 14.5. The van der Waals surface area contributed by atoms with Gasteiger partial charge in [0.05, 0.1) is 17.0 Å². The average molecular weight is 295 g/mol. The van der Waals surface area contributed by atoms with Crippen molar-refractivity contribution < 1.29 is 14.3 Å². The predicted octanol–water partition coefficient (Wildman–Crippen LogP) is 2.69. The number of rotatable bonds is 4. The van der Waals surface area contributed by atoms with Crippen molar-refractivity contribution in [2.75, 3.05) is 19.9 Å². The molecule has 0 radical (unpaired) electrons.